The van der Waals surface area contributed by atoms with Gasteiger partial charge in [0.25, 0.3) is 0 Å². The Morgan fingerprint density at radius 2 is 2.47 bits per heavy atom. The number of imidazole rings is 1. The molecule has 6 nitrogen and oxygen atoms in total. The molecule has 0 aromatic carbocycles. The Hall–Kier alpha value is -1.31. The molecule has 0 unspecified atom stereocenters. The third-order valence-corrected chi connectivity index (χ3v) is 3.33. The molecule has 1 fully saturated rings. The third-order valence-electron chi connectivity index (χ3n) is 3.04. The quantitative estimate of drug-likeness (QED) is 0.774. The molecule has 3 heterocycles. The molecule has 17 heavy (non-hydrogen) atoms. The number of fused-ring (bicyclic) bond motifs is 1. The summed E-state index contributed by atoms with van der Waals surface area (Å²) in [5.41, 5.74) is 1.56. The van der Waals surface area contributed by atoms with Crippen molar-refractivity contribution in [1.82, 2.24) is 19.5 Å². The number of H-pyrrole nitrogens is 1. The zero-order valence-electron chi connectivity index (χ0n) is 9.04. The van der Waals surface area contributed by atoms with Gasteiger partial charge in [-0.2, -0.15) is 0 Å². The van der Waals surface area contributed by atoms with Crippen LogP contribution in [0, 0.1) is 4.64 Å². The Morgan fingerprint density at radius 3 is 3.24 bits per heavy atom. The fourth-order valence-corrected chi connectivity index (χ4v) is 2.36. The number of aliphatic hydroxyl groups excluding tert-OH is 1. The molecule has 2 aromatic heterocycles. The molecule has 2 aromatic rings. The van der Waals surface area contributed by atoms with Gasteiger partial charge < -0.3 is 19.4 Å². The van der Waals surface area contributed by atoms with E-state index in [0.29, 0.717) is 16.8 Å². The highest BCUT2D eigenvalue weighted by Gasteiger charge is 2.27. The summed E-state index contributed by atoms with van der Waals surface area (Å²) in [6.07, 6.45) is 4.02. The lowest BCUT2D eigenvalue weighted by Gasteiger charge is -2.10. The predicted octanol–water partition coefficient (Wildman–Crippen LogP) is 0.811. The van der Waals surface area contributed by atoms with Crippen LogP contribution in [0.5, 0.6) is 0 Å². The molecule has 0 spiro atoms. The number of hydrogen-bond donors (Lipinski definition) is 2. The first-order chi connectivity index (χ1) is 8.29. The molecule has 0 amide bonds. The van der Waals surface area contributed by atoms with Gasteiger partial charge in [0, 0.05) is 0 Å². The van der Waals surface area contributed by atoms with Crippen LogP contribution in [0.2, 0.25) is 0 Å². The average molecular weight is 252 g/mol. The summed E-state index contributed by atoms with van der Waals surface area (Å²) in [6.45, 7) is 0.639. The van der Waals surface area contributed by atoms with Gasteiger partial charge in [-0.15, -0.1) is 0 Å². The first-order valence-corrected chi connectivity index (χ1v) is 5.83. The molecule has 7 heteroatoms. The first-order valence-electron chi connectivity index (χ1n) is 5.42. The van der Waals surface area contributed by atoms with Gasteiger partial charge >= 0.3 is 0 Å². The molecule has 0 aliphatic carbocycles. The van der Waals surface area contributed by atoms with E-state index in [1.807, 2.05) is 4.57 Å². The van der Waals surface area contributed by atoms with Crippen molar-refractivity contribution in [3.63, 3.8) is 0 Å². The van der Waals surface area contributed by atoms with E-state index in [1.54, 1.807) is 12.7 Å². The molecule has 1 aliphatic rings. The van der Waals surface area contributed by atoms with Crippen molar-refractivity contribution in [2.75, 3.05) is 13.2 Å². The second-order valence-corrected chi connectivity index (χ2v) is 4.47. The summed E-state index contributed by atoms with van der Waals surface area (Å²) in [7, 11) is 0. The van der Waals surface area contributed by atoms with E-state index in [2.05, 4.69) is 15.0 Å². The van der Waals surface area contributed by atoms with Gasteiger partial charge in [-0.05, 0) is 6.42 Å². The minimum absolute atomic E-state index is 0.0562. The Kier molecular flexibility index (Phi) is 2.65. The van der Waals surface area contributed by atoms with E-state index in [0.717, 1.165) is 12.1 Å². The summed E-state index contributed by atoms with van der Waals surface area (Å²) >= 11 is 5.11. The molecule has 2 atom stereocenters. The van der Waals surface area contributed by atoms with E-state index in [9.17, 15) is 0 Å². The van der Waals surface area contributed by atoms with Crippen molar-refractivity contribution in [3.8, 4) is 0 Å². The zero-order valence-corrected chi connectivity index (χ0v) is 9.85. The van der Waals surface area contributed by atoms with Crippen LogP contribution in [0.1, 0.15) is 12.5 Å². The van der Waals surface area contributed by atoms with Crippen LogP contribution in [0.25, 0.3) is 11.2 Å². The summed E-state index contributed by atoms with van der Waals surface area (Å²) in [6, 6.07) is 0.185. The number of nitrogens with zero attached hydrogens (tertiary/aromatic N) is 3. The topological polar surface area (TPSA) is 76.0 Å². The van der Waals surface area contributed by atoms with Crippen LogP contribution in [0.4, 0.5) is 0 Å². The number of rotatable bonds is 2. The molecule has 90 valence electrons. The first kappa shape index (κ1) is 10.8. The summed E-state index contributed by atoms with van der Waals surface area (Å²) < 4.78 is 7.96. The standard InChI is InChI=1S/C10H12N4O2S/c15-2-7-1-6(3-16-7)14-5-13-8-9(14)11-4-12-10(8)17/h4-7,15H,1-3H2,(H,11,12,17)/t6-,7-/m1/s1. The van der Waals surface area contributed by atoms with Gasteiger partial charge in [0.1, 0.15) is 11.2 Å². The number of aliphatic hydroxyl groups is 1. The normalized spacial score (nSPS) is 24.5. The number of aromatic amines is 1. The smallest absolute Gasteiger partial charge is 0.157 e. The maximum atomic E-state index is 9.05. The van der Waals surface area contributed by atoms with Crippen molar-refractivity contribution in [3.05, 3.63) is 17.3 Å². The highest BCUT2D eigenvalue weighted by Crippen LogP contribution is 2.26. The van der Waals surface area contributed by atoms with Crippen LogP contribution in [-0.4, -0.2) is 43.9 Å². The lowest BCUT2D eigenvalue weighted by Crippen LogP contribution is -2.11. The Bertz CT molecular complexity index is 593. The van der Waals surface area contributed by atoms with Gasteiger partial charge in [0.05, 0.1) is 38.0 Å². The number of aromatic nitrogens is 4. The van der Waals surface area contributed by atoms with E-state index in [4.69, 9.17) is 22.1 Å². The van der Waals surface area contributed by atoms with Crippen molar-refractivity contribution in [2.24, 2.45) is 0 Å². The average Bonchev–Trinajstić information content (AvgIpc) is 2.94. The van der Waals surface area contributed by atoms with Gasteiger partial charge in [-0.25, -0.2) is 9.97 Å². The van der Waals surface area contributed by atoms with E-state index in [1.165, 1.54) is 0 Å². The number of hydrogen-bond acceptors (Lipinski definition) is 5. The molecule has 0 radical (unpaired) electrons. The molecule has 1 aliphatic heterocycles. The highest BCUT2D eigenvalue weighted by atomic mass is 32.1. The van der Waals surface area contributed by atoms with Gasteiger partial charge in [0.2, 0.25) is 0 Å². The van der Waals surface area contributed by atoms with Crippen molar-refractivity contribution >= 4 is 23.4 Å². The monoisotopic (exact) mass is 252 g/mol. The van der Waals surface area contributed by atoms with Crippen LogP contribution in [0.15, 0.2) is 12.7 Å². The van der Waals surface area contributed by atoms with Crippen LogP contribution >= 0.6 is 12.2 Å². The summed E-state index contributed by atoms with van der Waals surface area (Å²) in [5.74, 6) is 0. The number of ether oxygens (including phenoxy) is 1. The fourth-order valence-electron chi connectivity index (χ4n) is 2.16. The van der Waals surface area contributed by atoms with Crippen molar-refractivity contribution < 1.29 is 9.84 Å². The molecule has 3 rings (SSSR count). The fraction of sp³-hybridized carbons (Fsp3) is 0.500. The molecule has 0 saturated carbocycles. The third kappa shape index (κ3) is 1.76. The van der Waals surface area contributed by atoms with Gasteiger partial charge in [-0.3, -0.25) is 0 Å². The van der Waals surface area contributed by atoms with Crippen molar-refractivity contribution in [1.29, 1.82) is 0 Å². The molecule has 0 bridgehead atoms. The summed E-state index contributed by atoms with van der Waals surface area (Å²) in [5, 5.41) is 9.05. The lowest BCUT2D eigenvalue weighted by molar-refractivity contribution is 0.0576. The molecule has 2 N–H and O–H groups in total. The maximum Gasteiger partial charge on any atom is 0.157 e. The van der Waals surface area contributed by atoms with Crippen molar-refractivity contribution in [2.45, 2.75) is 18.6 Å². The Morgan fingerprint density at radius 1 is 1.59 bits per heavy atom. The van der Waals surface area contributed by atoms with Gasteiger partial charge in [0.15, 0.2) is 4.64 Å². The lowest BCUT2D eigenvalue weighted by atomic mass is 10.2. The zero-order chi connectivity index (χ0) is 11.8. The minimum atomic E-state index is -0.0812. The maximum absolute atomic E-state index is 9.05. The highest BCUT2D eigenvalue weighted by molar-refractivity contribution is 7.71. The largest absolute Gasteiger partial charge is 0.394 e. The Labute approximate surface area is 102 Å². The molecule has 1 saturated heterocycles. The number of nitrogens with one attached hydrogen (secondary N) is 1. The summed E-state index contributed by atoms with van der Waals surface area (Å²) in [4.78, 5) is 11.3. The molecular formula is C10H12N4O2S. The second kappa shape index (κ2) is 4.17. The Balaban J connectivity index is 2.02. The second-order valence-electron chi connectivity index (χ2n) is 4.08. The van der Waals surface area contributed by atoms with E-state index in [-0.39, 0.29) is 18.8 Å². The van der Waals surface area contributed by atoms with Crippen LogP contribution in [0.3, 0.4) is 0 Å². The molecular weight excluding hydrogens is 240 g/mol. The van der Waals surface area contributed by atoms with Crippen LogP contribution in [-0.2, 0) is 4.74 Å². The predicted molar refractivity (Wildman–Crippen MR) is 63.2 cm³/mol. The minimum Gasteiger partial charge on any atom is -0.394 e. The van der Waals surface area contributed by atoms with E-state index >= 15 is 0 Å². The SMILES string of the molecule is OC[C@H]1C[C@@H](n2cnc3c(=S)nc[nH]c32)CO1. The van der Waals surface area contributed by atoms with Crippen LogP contribution < -0.4 is 0 Å². The van der Waals surface area contributed by atoms with Gasteiger partial charge in [-0.1, -0.05) is 12.2 Å². The van der Waals surface area contributed by atoms with E-state index < -0.39 is 0 Å².